The van der Waals surface area contributed by atoms with E-state index in [9.17, 15) is 0 Å². The van der Waals surface area contributed by atoms with Crippen LogP contribution in [0.15, 0.2) is 64.2 Å². The van der Waals surface area contributed by atoms with Crippen molar-refractivity contribution in [1.82, 2.24) is 35.0 Å². The van der Waals surface area contributed by atoms with Gasteiger partial charge in [-0.15, -0.1) is 15.3 Å². The normalized spacial score (nSPS) is 13.6. The quantitative estimate of drug-likeness (QED) is 0.343. The summed E-state index contributed by atoms with van der Waals surface area (Å²) in [6, 6.07) is 19.1. The summed E-state index contributed by atoms with van der Waals surface area (Å²) >= 11 is 5.14. The molecule has 0 radical (unpaired) electrons. The topological polar surface area (TPSA) is 74.3 Å². The highest BCUT2D eigenvalue weighted by atomic mass is 79.9. The number of aryl methyl sites for hydroxylation is 1. The minimum atomic E-state index is 0.463. The van der Waals surface area contributed by atoms with Crippen molar-refractivity contribution in [3.63, 3.8) is 0 Å². The van der Waals surface area contributed by atoms with Crippen molar-refractivity contribution in [1.29, 1.82) is 0 Å². The third kappa shape index (κ3) is 4.32. The summed E-state index contributed by atoms with van der Waals surface area (Å²) in [5.74, 6) is 2.45. The van der Waals surface area contributed by atoms with E-state index in [1.54, 1.807) is 11.8 Å². The molecular formula is C21H20BrN7S. The van der Waals surface area contributed by atoms with Crippen LogP contribution in [0.3, 0.4) is 0 Å². The van der Waals surface area contributed by atoms with Crippen molar-refractivity contribution in [3.8, 4) is 11.4 Å². The van der Waals surface area contributed by atoms with Gasteiger partial charge in [0.15, 0.2) is 16.8 Å². The summed E-state index contributed by atoms with van der Waals surface area (Å²) in [5.41, 5.74) is 2.34. The number of hydrogen-bond donors (Lipinski definition) is 0. The Labute approximate surface area is 187 Å². The minimum Gasteiger partial charge on any atom is -0.302 e. The summed E-state index contributed by atoms with van der Waals surface area (Å²) in [7, 11) is 0. The van der Waals surface area contributed by atoms with Crippen LogP contribution < -0.4 is 0 Å². The van der Waals surface area contributed by atoms with Crippen molar-refractivity contribution in [2.75, 3.05) is 0 Å². The summed E-state index contributed by atoms with van der Waals surface area (Å²) in [6.45, 7) is 0.804. The predicted octanol–water partition coefficient (Wildman–Crippen LogP) is 4.56. The van der Waals surface area contributed by atoms with Crippen LogP contribution in [0.5, 0.6) is 0 Å². The van der Waals surface area contributed by atoms with Gasteiger partial charge in [0.1, 0.15) is 0 Å². The van der Waals surface area contributed by atoms with E-state index in [4.69, 9.17) is 0 Å². The van der Waals surface area contributed by atoms with Gasteiger partial charge in [0.05, 0.1) is 11.8 Å². The lowest BCUT2D eigenvalue weighted by Crippen LogP contribution is -2.06. The number of nitrogens with zero attached hydrogens (tertiary/aromatic N) is 7. The number of hydrogen-bond acceptors (Lipinski definition) is 6. The van der Waals surface area contributed by atoms with Gasteiger partial charge in [-0.1, -0.05) is 70.2 Å². The van der Waals surface area contributed by atoms with Crippen molar-refractivity contribution in [2.24, 2.45) is 0 Å². The molecule has 4 aromatic rings. The van der Waals surface area contributed by atoms with Gasteiger partial charge >= 0.3 is 0 Å². The molecule has 2 aromatic carbocycles. The second-order valence-electron chi connectivity index (χ2n) is 7.26. The average Bonchev–Trinajstić information content (AvgIpc) is 3.37. The van der Waals surface area contributed by atoms with Gasteiger partial charge in [-0.25, -0.2) is 4.68 Å². The first-order valence-corrected chi connectivity index (χ1v) is 11.7. The second-order valence-corrected chi connectivity index (χ2v) is 9.12. The van der Waals surface area contributed by atoms with Crippen molar-refractivity contribution < 1.29 is 0 Å². The molecule has 9 heteroatoms. The number of rotatable bonds is 8. The smallest absolute Gasteiger partial charge is 0.191 e. The van der Waals surface area contributed by atoms with E-state index in [2.05, 4.69) is 82.6 Å². The molecule has 30 heavy (non-hydrogen) atoms. The summed E-state index contributed by atoms with van der Waals surface area (Å²) < 4.78 is 5.20. The molecule has 0 N–H and O–H groups in total. The van der Waals surface area contributed by atoms with E-state index in [1.165, 1.54) is 5.56 Å². The van der Waals surface area contributed by atoms with Crippen LogP contribution in [0.25, 0.3) is 11.4 Å². The second kappa shape index (κ2) is 8.69. The number of benzene rings is 2. The molecule has 1 saturated carbocycles. The van der Waals surface area contributed by atoms with Gasteiger partial charge in [-0.3, -0.25) is 0 Å². The molecule has 0 unspecified atom stereocenters. The lowest BCUT2D eigenvalue weighted by molar-refractivity contribution is 0.592. The highest BCUT2D eigenvalue weighted by Gasteiger charge is 2.28. The third-order valence-corrected chi connectivity index (χ3v) is 6.56. The average molecular weight is 482 g/mol. The van der Waals surface area contributed by atoms with Crippen LogP contribution >= 0.6 is 27.7 Å². The molecule has 5 rings (SSSR count). The molecule has 1 fully saturated rings. The molecule has 0 bridgehead atoms. The lowest BCUT2D eigenvalue weighted by atomic mass is 10.1. The zero-order chi connectivity index (χ0) is 20.3. The predicted molar refractivity (Wildman–Crippen MR) is 119 cm³/mol. The van der Waals surface area contributed by atoms with Crippen molar-refractivity contribution in [3.05, 3.63) is 70.5 Å². The molecule has 0 amide bonds. The Morgan fingerprint density at radius 1 is 0.967 bits per heavy atom. The third-order valence-electron chi connectivity index (χ3n) is 5.07. The monoisotopic (exact) mass is 481 g/mol. The molecule has 2 heterocycles. The van der Waals surface area contributed by atoms with E-state index in [1.807, 2.05) is 22.9 Å². The fourth-order valence-electron chi connectivity index (χ4n) is 3.33. The molecule has 0 aliphatic heterocycles. The Hall–Kier alpha value is -2.52. The summed E-state index contributed by atoms with van der Waals surface area (Å²) in [4.78, 5) is 0. The molecular weight excluding hydrogens is 462 g/mol. The highest BCUT2D eigenvalue weighted by molar-refractivity contribution is 9.10. The van der Waals surface area contributed by atoms with Crippen LogP contribution in [0.4, 0.5) is 0 Å². The fourth-order valence-corrected chi connectivity index (χ4v) is 4.48. The first-order chi connectivity index (χ1) is 14.8. The molecule has 0 atom stereocenters. The maximum absolute atomic E-state index is 4.52. The van der Waals surface area contributed by atoms with Gasteiger partial charge in [-0.05, 0) is 47.4 Å². The first kappa shape index (κ1) is 19.4. The Bertz CT molecular complexity index is 1120. The molecule has 0 saturated heterocycles. The summed E-state index contributed by atoms with van der Waals surface area (Å²) in [5, 5.41) is 22.1. The van der Waals surface area contributed by atoms with Crippen molar-refractivity contribution in [2.45, 2.75) is 42.8 Å². The first-order valence-electron chi connectivity index (χ1n) is 9.90. The standard InChI is InChI=1S/C21H20BrN7S/c22-17-8-6-16(7-9-17)20-24-25-21(28(20)13-12-15-4-2-1-3-5-15)30-14-19-23-26-27-29(19)18-10-11-18/h1-9,18H,10-14H2. The molecule has 1 aliphatic rings. The Kier molecular flexibility index (Phi) is 5.63. The molecule has 0 spiro atoms. The Balaban J connectivity index is 1.40. The zero-order valence-corrected chi connectivity index (χ0v) is 18.6. The van der Waals surface area contributed by atoms with E-state index >= 15 is 0 Å². The number of thioether (sulfide) groups is 1. The van der Waals surface area contributed by atoms with E-state index in [-0.39, 0.29) is 0 Å². The van der Waals surface area contributed by atoms with E-state index in [0.29, 0.717) is 11.8 Å². The maximum atomic E-state index is 4.52. The number of tetrazole rings is 1. The van der Waals surface area contributed by atoms with Crippen molar-refractivity contribution >= 4 is 27.7 Å². The SMILES string of the molecule is Brc1ccc(-c2nnc(SCc3nnnn3C3CC3)n2CCc2ccccc2)cc1. The summed E-state index contributed by atoms with van der Waals surface area (Å²) in [6.07, 6.45) is 3.23. The molecule has 1 aliphatic carbocycles. The lowest BCUT2D eigenvalue weighted by Gasteiger charge is -2.11. The highest BCUT2D eigenvalue weighted by Crippen LogP contribution is 2.35. The van der Waals surface area contributed by atoms with Gasteiger partial charge in [0, 0.05) is 16.6 Å². The number of halogens is 1. The van der Waals surface area contributed by atoms with E-state index in [0.717, 1.165) is 52.6 Å². The van der Waals surface area contributed by atoms with Crippen LogP contribution in [0, 0.1) is 0 Å². The van der Waals surface area contributed by atoms with Gasteiger partial charge < -0.3 is 4.57 Å². The minimum absolute atomic E-state index is 0.463. The largest absolute Gasteiger partial charge is 0.302 e. The Morgan fingerprint density at radius 2 is 1.77 bits per heavy atom. The molecule has 152 valence electrons. The van der Waals surface area contributed by atoms with Gasteiger partial charge in [0.2, 0.25) is 0 Å². The van der Waals surface area contributed by atoms with E-state index < -0.39 is 0 Å². The van der Waals surface area contributed by atoms with Crippen LogP contribution in [-0.4, -0.2) is 35.0 Å². The maximum Gasteiger partial charge on any atom is 0.191 e. The fraction of sp³-hybridized carbons (Fsp3) is 0.286. The van der Waals surface area contributed by atoms with Crippen LogP contribution in [0.2, 0.25) is 0 Å². The van der Waals surface area contributed by atoms with Crippen LogP contribution in [0.1, 0.15) is 30.3 Å². The van der Waals surface area contributed by atoms with Gasteiger partial charge in [-0.2, -0.15) is 0 Å². The Morgan fingerprint density at radius 3 is 2.53 bits per heavy atom. The zero-order valence-electron chi connectivity index (χ0n) is 16.2. The molecule has 7 nitrogen and oxygen atoms in total. The number of aromatic nitrogens is 7. The van der Waals surface area contributed by atoms with Crippen LogP contribution in [-0.2, 0) is 18.7 Å². The van der Waals surface area contributed by atoms with Gasteiger partial charge in [0.25, 0.3) is 0 Å². The molecule has 2 aromatic heterocycles.